The smallest absolute Gasteiger partial charge is 0.0696 e. The lowest BCUT2D eigenvalue weighted by Gasteiger charge is -1.88. The van der Waals surface area contributed by atoms with Crippen LogP contribution >= 0.6 is 0 Å². The van der Waals surface area contributed by atoms with Crippen LogP contribution in [0.15, 0.2) is 0 Å². The van der Waals surface area contributed by atoms with Crippen molar-refractivity contribution >= 4 is 8.80 Å². The topological polar surface area (TPSA) is 12.5 Å². The van der Waals surface area contributed by atoms with Gasteiger partial charge in [-0.15, -0.1) is 0 Å². The van der Waals surface area contributed by atoms with Crippen molar-refractivity contribution in [3.63, 3.8) is 0 Å². The normalized spacial score (nSPS) is 31.5. The summed E-state index contributed by atoms with van der Waals surface area (Å²) >= 11 is 0. The van der Waals surface area contributed by atoms with E-state index in [9.17, 15) is 0 Å². The standard InChI is InChI=1S/C4H10OSi/c1-6(2)4-3-5-4/h4,6H,3H2,1-2H3. The minimum Gasteiger partial charge on any atom is -0.377 e. The summed E-state index contributed by atoms with van der Waals surface area (Å²) in [6.45, 7) is 5.69. The molecule has 0 aromatic heterocycles. The van der Waals surface area contributed by atoms with Crippen molar-refractivity contribution < 1.29 is 4.74 Å². The average molecular weight is 102 g/mol. The summed E-state index contributed by atoms with van der Waals surface area (Å²) in [6.07, 6.45) is 0. The van der Waals surface area contributed by atoms with Crippen molar-refractivity contribution in [1.82, 2.24) is 0 Å². The third-order valence-electron chi connectivity index (χ3n) is 1.10. The van der Waals surface area contributed by atoms with Crippen molar-refractivity contribution in [3.05, 3.63) is 0 Å². The molecule has 36 valence electrons. The maximum Gasteiger partial charge on any atom is 0.0696 e. The zero-order chi connectivity index (χ0) is 4.57. The lowest BCUT2D eigenvalue weighted by molar-refractivity contribution is 0.453. The molecule has 1 nitrogen and oxygen atoms in total. The van der Waals surface area contributed by atoms with Crippen LogP contribution in [-0.2, 0) is 4.74 Å². The van der Waals surface area contributed by atoms with E-state index in [0.29, 0.717) is 0 Å². The Morgan fingerprint density at radius 3 is 2.17 bits per heavy atom. The Hall–Kier alpha value is 0.177. The first kappa shape index (κ1) is 4.34. The molecule has 0 N–H and O–H groups in total. The largest absolute Gasteiger partial charge is 0.377 e. The summed E-state index contributed by atoms with van der Waals surface area (Å²) in [6, 6.07) is 0. The second kappa shape index (κ2) is 1.35. The fourth-order valence-electron chi connectivity index (χ4n) is 0.440. The minimum absolute atomic E-state index is 0.355. The highest BCUT2D eigenvalue weighted by atomic mass is 28.3. The van der Waals surface area contributed by atoms with Crippen LogP contribution in [0.1, 0.15) is 0 Å². The van der Waals surface area contributed by atoms with Gasteiger partial charge in [0.05, 0.1) is 21.1 Å². The number of ether oxygens (including phenoxy) is 1. The van der Waals surface area contributed by atoms with Gasteiger partial charge in [0.25, 0.3) is 0 Å². The zero-order valence-electron chi connectivity index (χ0n) is 4.27. The van der Waals surface area contributed by atoms with Gasteiger partial charge in [-0.05, 0) is 0 Å². The van der Waals surface area contributed by atoms with Crippen LogP contribution in [0.5, 0.6) is 0 Å². The molecule has 1 fully saturated rings. The molecule has 0 bridgehead atoms. The van der Waals surface area contributed by atoms with E-state index in [1.807, 2.05) is 0 Å². The van der Waals surface area contributed by atoms with Crippen LogP contribution in [0.25, 0.3) is 0 Å². The van der Waals surface area contributed by atoms with E-state index in [2.05, 4.69) is 13.1 Å². The lowest BCUT2D eigenvalue weighted by Crippen LogP contribution is -2.08. The molecular weight excluding hydrogens is 92.1 g/mol. The van der Waals surface area contributed by atoms with E-state index >= 15 is 0 Å². The third kappa shape index (κ3) is 0.818. The van der Waals surface area contributed by atoms with Gasteiger partial charge >= 0.3 is 0 Å². The van der Waals surface area contributed by atoms with E-state index in [-0.39, 0.29) is 8.80 Å². The zero-order valence-corrected chi connectivity index (χ0v) is 5.42. The van der Waals surface area contributed by atoms with Crippen LogP contribution in [0.2, 0.25) is 13.1 Å². The molecule has 1 unspecified atom stereocenters. The molecule has 0 aromatic rings. The molecule has 0 aliphatic carbocycles. The second-order valence-electron chi connectivity index (χ2n) is 2.12. The van der Waals surface area contributed by atoms with E-state index in [4.69, 9.17) is 4.74 Å². The molecule has 0 spiro atoms. The molecule has 1 saturated heterocycles. The van der Waals surface area contributed by atoms with Crippen molar-refractivity contribution in [2.75, 3.05) is 6.61 Å². The summed E-state index contributed by atoms with van der Waals surface area (Å²) in [7, 11) is -0.355. The van der Waals surface area contributed by atoms with Gasteiger partial charge in [0, 0.05) is 0 Å². The van der Waals surface area contributed by atoms with Crippen molar-refractivity contribution in [3.8, 4) is 0 Å². The van der Waals surface area contributed by atoms with Gasteiger partial charge in [0.1, 0.15) is 0 Å². The van der Waals surface area contributed by atoms with Gasteiger partial charge in [0.15, 0.2) is 0 Å². The van der Waals surface area contributed by atoms with E-state index in [1.165, 1.54) is 0 Å². The Morgan fingerprint density at radius 2 is 2.17 bits per heavy atom. The second-order valence-corrected chi connectivity index (χ2v) is 5.35. The Labute approximate surface area is 39.9 Å². The van der Waals surface area contributed by atoms with Gasteiger partial charge in [0.2, 0.25) is 0 Å². The van der Waals surface area contributed by atoms with Crippen molar-refractivity contribution in [2.24, 2.45) is 0 Å². The van der Waals surface area contributed by atoms with E-state index in [1.54, 1.807) is 0 Å². The van der Waals surface area contributed by atoms with Crippen LogP contribution in [0.4, 0.5) is 0 Å². The molecule has 1 rings (SSSR count). The van der Waals surface area contributed by atoms with Crippen molar-refractivity contribution in [2.45, 2.75) is 18.8 Å². The molecule has 1 aliphatic heterocycles. The van der Waals surface area contributed by atoms with Crippen molar-refractivity contribution in [1.29, 1.82) is 0 Å². The summed E-state index contributed by atoms with van der Waals surface area (Å²) in [5.74, 6) is 0. The highest BCUT2D eigenvalue weighted by molar-refractivity contribution is 6.58. The van der Waals surface area contributed by atoms with Gasteiger partial charge in [-0.2, -0.15) is 0 Å². The highest BCUT2D eigenvalue weighted by Gasteiger charge is 2.26. The summed E-state index contributed by atoms with van der Waals surface area (Å²) < 4.78 is 5.03. The van der Waals surface area contributed by atoms with Crippen LogP contribution in [0, 0.1) is 0 Å². The monoisotopic (exact) mass is 102 g/mol. The SMILES string of the molecule is C[SiH](C)C1CO1. The van der Waals surface area contributed by atoms with Gasteiger partial charge < -0.3 is 4.74 Å². The number of rotatable bonds is 1. The lowest BCUT2D eigenvalue weighted by atomic mass is 11.0. The summed E-state index contributed by atoms with van der Waals surface area (Å²) in [4.78, 5) is 0. The van der Waals surface area contributed by atoms with Crippen LogP contribution in [0.3, 0.4) is 0 Å². The van der Waals surface area contributed by atoms with Crippen LogP contribution < -0.4 is 0 Å². The van der Waals surface area contributed by atoms with Crippen LogP contribution in [-0.4, -0.2) is 21.1 Å². The first-order chi connectivity index (χ1) is 2.80. The Kier molecular flexibility index (Phi) is 0.977. The molecule has 1 aliphatic rings. The fourth-order valence-corrected chi connectivity index (χ4v) is 1.32. The summed E-state index contributed by atoms with van der Waals surface area (Å²) in [5.41, 5.74) is 0.741. The Morgan fingerprint density at radius 1 is 1.67 bits per heavy atom. The van der Waals surface area contributed by atoms with E-state index in [0.717, 1.165) is 12.3 Å². The number of hydrogen-bond donors (Lipinski definition) is 0. The fraction of sp³-hybridized carbons (Fsp3) is 1.00. The average Bonchev–Trinajstić information content (AvgIpc) is 2.06. The molecule has 6 heavy (non-hydrogen) atoms. The van der Waals surface area contributed by atoms with Gasteiger partial charge in [-0.25, -0.2) is 0 Å². The number of hydrogen-bond acceptors (Lipinski definition) is 1. The quantitative estimate of drug-likeness (QED) is 0.345. The predicted molar refractivity (Wildman–Crippen MR) is 28.6 cm³/mol. The molecule has 1 heterocycles. The first-order valence-electron chi connectivity index (χ1n) is 2.42. The van der Waals surface area contributed by atoms with Gasteiger partial charge in [-0.1, -0.05) is 13.1 Å². The van der Waals surface area contributed by atoms with E-state index < -0.39 is 0 Å². The predicted octanol–water partition coefficient (Wildman–Crippen LogP) is 0.411. The molecule has 2 heteroatoms. The maximum atomic E-state index is 5.03. The highest BCUT2D eigenvalue weighted by Crippen LogP contribution is 2.11. The first-order valence-corrected chi connectivity index (χ1v) is 5.40. The maximum absolute atomic E-state index is 5.03. The van der Waals surface area contributed by atoms with Gasteiger partial charge in [-0.3, -0.25) is 0 Å². The Bertz CT molecular complexity index is 49.5. The molecule has 0 amide bonds. The summed E-state index contributed by atoms with van der Waals surface area (Å²) in [5, 5.41) is 0. The Balaban J connectivity index is 2.13. The minimum atomic E-state index is -0.355. The molecule has 0 aromatic carbocycles. The third-order valence-corrected chi connectivity index (χ3v) is 2.97. The molecule has 0 saturated carbocycles. The molecule has 0 radical (unpaired) electrons. The molecule has 1 atom stereocenters. The number of epoxide rings is 1. The molecular formula is C4H10OSi.